The zero-order chi connectivity index (χ0) is 18.2. The van der Waals surface area contributed by atoms with Gasteiger partial charge in [0.05, 0.1) is 12.7 Å². The molecule has 15 heteroatoms. The van der Waals surface area contributed by atoms with Gasteiger partial charge in [-0.05, 0) is 0 Å². The molecular weight excluding hydrogens is 336 g/mol. The lowest BCUT2D eigenvalue weighted by Crippen LogP contribution is -2.13. The maximum Gasteiger partial charge on any atom is 0.394 e. The van der Waals surface area contributed by atoms with E-state index < -0.39 is 22.2 Å². The summed E-state index contributed by atoms with van der Waals surface area (Å²) in [6, 6.07) is 0. The van der Waals surface area contributed by atoms with Gasteiger partial charge in [-0.15, -0.1) is 0 Å². The van der Waals surface area contributed by atoms with Crippen LogP contribution in [0.5, 0.6) is 0 Å². The average Bonchev–Trinajstić information content (AvgIpc) is 2.96. The van der Waals surface area contributed by atoms with Crippen LogP contribution in [0, 0.1) is 0 Å². The summed E-state index contributed by atoms with van der Waals surface area (Å²) in [6.07, 6.45) is 2.63. The number of nitrogens with zero attached hydrogens (tertiary/aromatic N) is 2. The largest absolute Gasteiger partial charge is 0.394 e. The number of carbonyl (C=O) groups is 2. The summed E-state index contributed by atoms with van der Waals surface area (Å²) < 4.78 is 31.6. The van der Waals surface area contributed by atoms with Crippen molar-refractivity contribution in [3.05, 3.63) is 24.0 Å². The van der Waals surface area contributed by atoms with Gasteiger partial charge in [0.15, 0.2) is 11.6 Å². The number of H-pyrrole nitrogens is 2. The number of nitrogens with one attached hydrogen (secondary N) is 2. The van der Waals surface area contributed by atoms with E-state index >= 15 is 0 Å². The van der Waals surface area contributed by atoms with Crippen LogP contribution >= 0.6 is 0 Å². The quantitative estimate of drug-likeness (QED) is 0.264. The highest BCUT2D eigenvalue weighted by Crippen LogP contribution is 2.01. The molecule has 0 atom stereocenters. The summed E-state index contributed by atoms with van der Waals surface area (Å²) >= 11 is 0. The van der Waals surface area contributed by atoms with Crippen molar-refractivity contribution in [1.82, 2.24) is 19.9 Å². The van der Waals surface area contributed by atoms with Crippen LogP contribution in [0.3, 0.4) is 0 Å². The van der Waals surface area contributed by atoms with E-state index in [2.05, 4.69) is 19.9 Å². The van der Waals surface area contributed by atoms with Gasteiger partial charge in [0, 0.05) is 0 Å². The van der Waals surface area contributed by atoms with Crippen molar-refractivity contribution in [1.29, 1.82) is 0 Å². The zero-order valence-corrected chi connectivity index (χ0v) is 12.1. The van der Waals surface area contributed by atoms with E-state index in [9.17, 15) is 9.59 Å². The molecule has 12 N–H and O–H groups in total. The van der Waals surface area contributed by atoms with Crippen molar-refractivity contribution in [3.8, 4) is 0 Å². The Bertz CT molecular complexity index is 707. The van der Waals surface area contributed by atoms with E-state index in [0.717, 1.165) is 0 Å². The Labute approximate surface area is 128 Å². The molecule has 0 spiro atoms. The van der Waals surface area contributed by atoms with Crippen LogP contribution in [0.15, 0.2) is 12.7 Å². The Morgan fingerprint density at radius 1 is 0.913 bits per heavy atom. The third-order valence-corrected chi connectivity index (χ3v) is 1.83. The topological polar surface area (TPSA) is 270 Å². The number of aromatic nitrogens is 4. The SMILES string of the molecule is NC(=O)c1[nH]cnc1N.NC(=O)c1[nH]cnc1N.O=S(=O)(O)O. The van der Waals surface area contributed by atoms with Crippen molar-refractivity contribution < 1.29 is 27.1 Å². The average molecular weight is 350 g/mol. The maximum absolute atomic E-state index is 10.4. The first kappa shape index (κ1) is 19.8. The smallest absolute Gasteiger partial charge is 0.382 e. The molecule has 0 fully saturated rings. The second-order valence-corrected chi connectivity index (χ2v) is 4.40. The molecule has 0 saturated carbocycles. The normalized spacial score (nSPS) is 9.83. The first-order valence-corrected chi connectivity index (χ1v) is 6.70. The maximum atomic E-state index is 10.4. The fraction of sp³-hybridized carbons (Fsp3) is 0. The first-order chi connectivity index (χ1) is 10.4. The number of hydrogen-bond acceptors (Lipinski definition) is 8. The summed E-state index contributed by atoms with van der Waals surface area (Å²) in [5.41, 5.74) is 20.5. The lowest BCUT2D eigenvalue weighted by Gasteiger charge is -1.87. The number of anilines is 2. The van der Waals surface area contributed by atoms with Gasteiger partial charge in [-0.1, -0.05) is 0 Å². The highest BCUT2D eigenvalue weighted by molar-refractivity contribution is 7.79. The molecule has 0 saturated heterocycles. The lowest BCUT2D eigenvalue weighted by molar-refractivity contribution is 0.0988. The summed E-state index contributed by atoms with van der Waals surface area (Å²) in [4.78, 5) is 32.8. The van der Waals surface area contributed by atoms with Crippen LogP contribution < -0.4 is 22.9 Å². The van der Waals surface area contributed by atoms with E-state index in [4.69, 9.17) is 40.5 Å². The molecule has 0 radical (unpaired) electrons. The van der Waals surface area contributed by atoms with Crippen LogP contribution in [-0.4, -0.2) is 49.3 Å². The first-order valence-electron chi connectivity index (χ1n) is 5.30. The standard InChI is InChI=1S/2C4H6N4O.H2O4S/c2*5-3-2(4(6)9)7-1-8-3;1-5(2,3)4/h2*1H,5H2,(H2,6,9)(H,7,8);(H2,1,2,3,4). The molecule has 23 heavy (non-hydrogen) atoms. The lowest BCUT2D eigenvalue weighted by atomic mass is 10.4. The molecule has 0 aromatic carbocycles. The highest BCUT2D eigenvalue weighted by atomic mass is 32.3. The van der Waals surface area contributed by atoms with E-state index in [1.54, 1.807) is 0 Å². The number of primary amides is 2. The van der Waals surface area contributed by atoms with Crippen molar-refractivity contribution in [3.63, 3.8) is 0 Å². The van der Waals surface area contributed by atoms with Crippen LogP contribution in [-0.2, 0) is 10.4 Å². The van der Waals surface area contributed by atoms with Crippen molar-refractivity contribution in [2.45, 2.75) is 0 Å². The summed E-state index contributed by atoms with van der Waals surface area (Å²) in [5.74, 6) is -0.903. The molecule has 0 aliphatic carbocycles. The molecule has 2 aromatic heterocycles. The van der Waals surface area contributed by atoms with Crippen molar-refractivity contribution in [2.75, 3.05) is 11.5 Å². The molecule has 2 rings (SSSR count). The van der Waals surface area contributed by atoms with E-state index in [-0.39, 0.29) is 23.0 Å². The Morgan fingerprint density at radius 2 is 1.17 bits per heavy atom. The summed E-state index contributed by atoms with van der Waals surface area (Å²) in [7, 11) is -4.67. The van der Waals surface area contributed by atoms with Gasteiger partial charge in [0.1, 0.15) is 11.4 Å². The van der Waals surface area contributed by atoms with Crippen molar-refractivity contribution >= 4 is 33.8 Å². The second-order valence-electron chi connectivity index (χ2n) is 3.50. The predicted octanol–water partition coefficient (Wildman–Crippen LogP) is -2.47. The molecule has 0 aliphatic rings. The molecule has 128 valence electrons. The second kappa shape index (κ2) is 8.32. The van der Waals surface area contributed by atoms with Gasteiger partial charge in [-0.25, -0.2) is 9.97 Å². The minimum Gasteiger partial charge on any atom is -0.382 e. The van der Waals surface area contributed by atoms with Gasteiger partial charge in [-0.3, -0.25) is 18.7 Å². The third kappa shape index (κ3) is 8.65. The molecular formula is C8H14N8O6S. The fourth-order valence-electron chi connectivity index (χ4n) is 1.00. The summed E-state index contributed by atoms with van der Waals surface area (Å²) in [6.45, 7) is 0. The minimum atomic E-state index is -4.67. The van der Waals surface area contributed by atoms with Gasteiger partial charge < -0.3 is 32.9 Å². The van der Waals surface area contributed by atoms with Crippen LogP contribution in [0.4, 0.5) is 11.6 Å². The number of carbonyl (C=O) groups excluding carboxylic acids is 2. The number of amides is 2. The molecule has 14 nitrogen and oxygen atoms in total. The Morgan fingerprint density at radius 3 is 1.26 bits per heavy atom. The van der Waals surface area contributed by atoms with Gasteiger partial charge >= 0.3 is 10.4 Å². The number of rotatable bonds is 2. The zero-order valence-electron chi connectivity index (χ0n) is 11.3. The molecule has 2 aromatic rings. The van der Waals surface area contributed by atoms with Gasteiger partial charge in [0.2, 0.25) is 0 Å². The number of nitrogens with two attached hydrogens (primary N) is 4. The van der Waals surface area contributed by atoms with Gasteiger partial charge in [0.25, 0.3) is 11.8 Å². The van der Waals surface area contributed by atoms with E-state index in [0.29, 0.717) is 0 Å². The number of hydrogen-bond donors (Lipinski definition) is 8. The minimum absolute atomic E-state index is 0.141. The predicted molar refractivity (Wildman–Crippen MR) is 77.2 cm³/mol. The van der Waals surface area contributed by atoms with Gasteiger partial charge in [-0.2, -0.15) is 8.42 Å². The third-order valence-electron chi connectivity index (χ3n) is 1.83. The van der Waals surface area contributed by atoms with Crippen LogP contribution in [0.1, 0.15) is 21.0 Å². The fourth-order valence-corrected chi connectivity index (χ4v) is 1.00. The molecule has 2 amide bonds. The van der Waals surface area contributed by atoms with Crippen LogP contribution in [0.2, 0.25) is 0 Å². The molecule has 2 heterocycles. The highest BCUT2D eigenvalue weighted by Gasteiger charge is 2.06. The van der Waals surface area contributed by atoms with Crippen LogP contribution in [0.25, 0.3) is 0 Å². The Balaban J connectivity index is 0.000000332. The van der Waals surface area contributed by atoms with E-state index in [1.807, 2.05) is 0 Å². The molecule has 0 aliphatic heterocycles. The van der Waals surface area contributed by atoms with E-state index in [1.165, 1.54) is 12.7 Å². The molecule has 0 bridgehead atoms. The monoisotopic (exact) mass is 350 g/mol. The number of aromatic amines is 2. The Hall–Kier alpha value is -3.17. The van der Waals surface area contributed by atoms with Crippen molar-refractivity contribution in [2.24, 2.45) is 11.5 Å². The number of nitrogen functional groups attached to an aromatic ring is 2. The number of imidazole rings is 2. The molecule has 0 unspecified atom stereocenters. The Kier molecular flexibility index (Phi) is 7.17. The summed E-state index contributed by atoms with van der Waals surface area (Å²) in [5, 5.41) is 0.